The van der Waals surface area contributed by atoms with E-state index >= 15 is 0 Å². The zero-order valence-corrected chi connectivity index (χ0v) is 11.4. The molecule has 1 aliphatic rings. The summed E-state index contributed by atoms with van der Waals surface area (Å²) in [5.41, 5.74) is 5.16. The molecular formula is C13H26N2O2. The number of nitrogens with zero attached hydrogens (tertiary/aromatic N) is 1. The van der Waals surface area contributed by atoms with Crippen LogP contribution in [0, 0.1) is 5.92 Å². The van der Waals surface area contributed by atoms with E-state index in [-0.39, 0.29) is 5.97 Å². The molecule has 0 radical (unpaired) electrons. The second-order valence-electron chi connectivity index (χ2n) is 5.29. The molecule has 1 fully saturated rings. The van der Waals surface area contributed by atoms with E-state index in [0.29, 0.717) is 13.2 Å². The number of hydrogen-bond donors (Lipinski definition) is 1. The van der Waals surface area contributed by atoms with Crippen molar-refractivity contribution in [2.75, 3.05) is 26.2 Å². The first kappa shape index (κ1) is 14.5. The van der Waals surface area contributed by atoms with E-state index in [1.165, 1.54) is 19.3 Å². The SMILES string of the molecule is CCOC(=O)C(C)(N)CN1CCCC(CC)C1. The molecule has 2 N–H and O–H groups in total. The highest BCUT2D eigenvalue weighted by atomic mass is 16.5. The van der Waals surface area contributed by atoms with Crippen LogP contribution in [0.1, 0.15) is 40.0 Å². The number of hydrogen-bond acceptors (Lipinski definition) is 4. The number of esters is 1. The van der Waals surface area contributed by atoms with Gasteiger partial charge in [-0.2, -0.15) is 0 Å². The Labute approximate surface area is 104 Å². The van der Waals surface area contributed by atoms with E-state index in [1.54, 1.807) is 6.92 Å². The molecule has 2 atom stereocenters. The normalized spacial score (nSPS) is 25.3. The average Bonchev–Trinajstić information content (AvgIpc) is 2.29. The van der Waals surface area contributed by atoms with Gasteiger partial charge in [0.05, 0.1) is 6.61 Å². The Morgan fingerprint density at radius 1 is 1.53 bits per heavy atom. The van der Waals surface area contributed by atoms with E-state index in [2.05, 4.69) is 11.8 Å². The fourth-order valence-electron chi connectivity index (χ4n) is 2.45. The van der Waals surface area contributed by atoms with Crippen molar-refractivity contribution < 1.29 is 9.53 Å². The van der Waals surface area contributed by atoms with Gasteiger partial charge in [-0.1, -0.05) is 13.3 Å². The molecule has 100 valence electrons. The van der Waals surface area contributed by atoms with Crippen molar-refractivity contribution in [1.82, 2.24) is 4.90 Å². The van der Waals surface area contributed by atoms with Crippen LogP contribution in [0.4, 0.5) is 0 Å². The van der Waals surface area contributed by atoms with E-state index in [9.17, 15) is 4.79 Å². The topological polar surface area (TPSA) is 55.6 Å². The van der Waals surface area contributed by atoms with Crippen LogP contribution < -0.4 is 5.73 Å². The molecule has 17 heavy (non-hydrogen) atoms. The molecule has 0 amide bonds. The number of likely N-dealkylation sites (tertiary alicyclic amines) is 1. The van der Waals surface area contributed by atoms with Gasteiger partial charge in [0.1, 0.15) is 5.54 Å². The van der Waals surface area contributed by atoms with Crippen LogP contribution in [0.25, 0.3) is 0 Å². The maximum atomic E-state index is 11.7. The van der Waals surface area contributed by atoms with Gasteiger partial charge in [-0.25, -0.2) is 0 Å². The lowest BCUT2D eigenvalue weighted by Gasteiger charge is -2.36. The highest BCUT2D eigenvalue weighted by Crippen LogP contribution is 2.20. The molecule has 0 aromatic rings. The Bertz CT molecular complexity index is 254. The molecule has 0 aliphatic carbocycles. The Morgan fingerprint density at radius 2 is 2.24 bits per heavy atom. The minimum absolute atomic E-state index is 0.293. The summed E-state index contributed by atoms with van der Waals surface area (Å²) in [6.07, 6.45) is 3.71. The molecule has 1 saturated heterocycles. The molecular weight excluding hydrogens is 216 g/mol. The molecule has 2 unspecified atom stereocenters. The zero-order valence-electron chi connectivity index (χ0n) is 11.4. The predicted molar refractivity (Wildman–Crippen MR) is 68.7 cm³/mol. The lowest BCUT2D eigenvalue weighted by molar-refractivity contribution is -0.149. The maximum Gasteiger partial charge on any atom is 0.327 e. The molecule has 1 rings (SSSR count). The molecule has 1 heterocycles. The average molecular weight is 242 g/mol. The molecule has 0 saturated carbocycles. The van der Waals surface area contributed by atoms with Crippen molar-refractivity contribution in [1.29, 1.82) is 0 Å². The van der Waals surface area contributed by atoms with Crippen molar-refractivity contribution in [2.45, 2.75) is 45.6 Å². The Hall–Kier alpha value is -0.610. The summed E-state index contributed by atoms with van der Waals surface area (Å²) in [6.45, 7) is 8.89. The van der Waals surface area contributed by atoms with E-state index < -0.39 is 5.54 Å². The highest BCUT2D eigenvalue weighted by molar-refractivity contribution is 5.80. The largest absolute Gasteiger partial charge is 0.465 e. The third-order valence-corrected chi connectivity index (χ3v) is 3.47. The number of nitrogens with two attached hydrogens (primary N) is 1. The third kappa shape index (κ3) is 4.28. The molecule has 0 aromatic carbocycles. The first-order chi connectivity index (χ1) is 7.99. The van der Waals surface area contributed by atoms with E-state index in [1.807, 2.05) is 6.92 Å². The second-order valence-corrected chi connectivity index (χ2v) is 5.29. The minimum atomic E-state index is -0.883. The zero-order chi connectivity index (χ0) is 12.9. The van der Waals surface area contributed by atoms with Crippen LogP contribution in [-0.2, 0) is 9.53 Å². The minimum Gasteiger partial charge on any atom is -0.465 e. The van der Waals surface area contributed by atoms with Crippen molar-refractivity contribution in [3.63, 3.8) is 0 Å². The number of carbonyl (C=O) groups is 1. The molecule has 0 aromatic heterocycles. The van der Waals surface area contributed by atoms with Crippen LogP contribution in [-0.4, -0.2) is 42.6 Å². The number of rotatable bonds is 5. The first-order valence-electron chi connectivity index (χ1n) is 6.68. The lowest BCUT2D eigenvalue weighted by atomic mass is 9.93. The smallest absolute Gasteiger partial charge is 0.327 e. The van der Waals surface area contributed by atoms with Gasteiger partial charge in [-0.15, -0.1) is 0 Å². The maximum absolute atomic E-state index is 11.7. The van der Waals surface area contributed by atoms with Gasteiger partial charge in [-0.05, 0) is 39.2 Å². The van der Waals surface area contributed by atoms with Gasteiger partial charge in [0, 0.05) is 13.1 Å². The molecule has 0 spiro atoms. The molecule has 1 aliphatic heterocycles. The summed E-state index contributed by atoms with van der Waals surface area (Å²) >= 11 is 0. The summed E-state index contributed by atoms with van der Waals surface area (Å²) in [5.74, 6) is 0.459. The Morgan fingerprint density at radius 3 is 2.82 bits per heavy atom. The molecule has 0 bridgehead atoms. The monoisotopic (exact) mass is 242 g/mol. The van der Waals surface area contributed by atoms with Gasteiger partial charge < -0.3 is 15.4 Å². The number of ether oxygens (including phenoxy) is 1. The summed E-state index contributed by atoms with van der Waals surface area (Å²) in [6, 6.07) is 0. The number of carbonyl (C=O) groups excluding carboxylic acids is 1. The van der Waals surface area contributed by atoms with Crippen molar-refractivity contribution in [2.24, 2.45) is 11.7 Å². The summed E-state index contributed by atoms with van der Waals surface area (Å²) in [5, 5.41) is 0. The third-order valence-electron chi connectivity index (χ3n) is 3.47. The van der Waals surface area contributed by atoms with Crippen LogP contribution in [0.15, 0.2) is 0 Å². The summed E-state index contributed by atoms with van der Waals surface area (Å²) in [7, 11) is 0. The highest BCUT2D eigenvalue weighted by Gasteiger charge is 2.33. The van der Waals surface area contributed by atoms with Crippen molar-refractivity contribution >= 4 is 5.97 Å². The summed E-state index contributed by atoms with van der Waals surface area (Å²) < 4.78 is 5.01. The fourth-order valence-corrected chi connectivity index (χ4v) is 2.45. The second kappa shape index (κ2) is 6.36. The molecule has 4 heteroatoms. The van der Waals surface area contributed by atoms with Crippen molar-refractivity contribution in [3.8, 4) is 0 Å². The van der Waals surface area contributed by atoms with E-state index in [0.717, 1.165) is 19.0 Å². The van der Waals surface area contributed by atoms with Crippen LogP contribution in [0.3, 0.4) is 0 Å². The quantitative estimate of drug-likeness (QED) is 0.740. The summed E-state index contributed by atoms with van der Waals surface area (Å²) in [4.78, 5) is 14.0. The first-order valence-corrected chi connectivity index (χ1v) is 6.68. The van der Waals surface area contributed by atoms with E-state index in [4.69, 9.17) is 10.5 Å². The van der Waals surface area contributed by atoms with Crippen LogP contribution in [0.2, 0.25) is 0 Å². The fraction of sp³-hybridized carbons (Fsp3) is 0.923. The van der Waals surface area contributed by atoms with Crippen LogP contribution >= 0.6 is 0 Å². The standard InChI is InChI=1S/C13H26N2O2/c1-4-11-7-6-8-15(9-11)10-13(3,14)12(16)17-5-2/h11H,4-10,14H2,1-3H3. The predicted octanol–water partition coefficient (Wildman–Crippen LogP) is 1.39. The van der Waals surface area contributed by atoms with Gasteiger partial charge >= 0.3 is 5.97 Å². The Kier molecular flexibility index (Phi) is 5.40. The van der Waals surface area contributed by atoms with Crippen molar-refractivity contribution in [3.05, 3.63) is 0 Å². The van der Waals surface area contributed by atoms with Gasteiger partial charge in [0.2, 0.25) is 0 Å². The van der Waals surface area contributed by atoms with Gasteiger partial charge in [0.15, 0.2) is 0 Å². The van der Waals surface area contributed by atoms with Gasteiger partial charge in [0.25, 0.3) is 0 Å². The molecule has 4 nitrogen and oxygen atoms in total. The van der Waals surface area contributed by atoms with Crippen LogP contribution in [0.5, 0.6) is 0 Å². The van der Waals surface area contributed by atoms with Gasteiger partial charge in [-0.3, -0.25) is 4.79 Å². The Balaban J connectivity index is 2.48. The lowest BCUT2D eigenvalue weighted by Crippen LogP contribution is -2.56. The number of piperidine rings is 1.